The number of halogens is 1. The van der Waals surface area contributed by atoms with Crippen LogP contribution in [-0.4, -0.2) is 46.9 Å². The summed E-state index contributed by atoms with van der Waals surface area (Å²) < 4.78 is 1.75. The lowest BCUT2D eigenvalue weighted by Crippen LogP contribution is -2.54. The topological polar surface area (TPSA) is 53.4 Å². The van der Waals surface area contributed by atoms with Gasteiger partial charge in [0.15, 0.2) is 5.69 Å². The number of nitrogens with zero attached hydrogens (tertiary/aromatic N) is 4. The summed E-state index contributed by atoms with van der Waals surface area (Å²) in [6.07, 6.45) is 5.12. The molecule has 168 valence electrons. The van der Waals surface area contributed by atoms with E-state index in [1.807, 2.05) is 43.3 Å². The summed E-state index contributed by atoms with van der Waals surface area (Å²) in [6.45, 7) is 10.6. The number of carbonyl (C=O) groups is 1. The number of anilines is 1. The van der Waals surface area contributed by atoms with Crippen LogP contribution in [0.3, 0.4) is 0 Å². The lowest BCUT2D eigenvalue weighted by Gasteiger charge is -2.38. The Morgan fingerprint density at radius 1 is 1.26 bits per heavy atom. The summed E-state index contributed by atoms with van der Waals surface area (Å²) in [7, 11) is 3.94. The molecular weight excluding hydrogens is 410 g/mol. The van der Waals surface area contributed by atoms with Crippen molar-refractivity contribution >= 4 is 28.8 Å². The first-order valence-corrected chi connectivity index (χ1v) is 11.5. The minimum absolute atomic E-state index is 0.203. The Hall–Kier alpha value is -2.31. The zero-order valence-electron chi connectivity index (χ0n) is 19.3. The molecule has 6 nitrogen and oxygen atoms in total. The Morgan fingerprint density at radius 2 is 1.94 bits per heavy atom. The van der Waals surface area contributed by atoms with Crippen molar-refractivity contribution in [3.05, 3.63) is 47.3 Å². The van der Waals surface area contributed by atoms with E-state index in [2.05, 4.69) is 42.9 Å². The van der Waals surface area contributed by atoms with E-state index in [9.17, 15) is 4.79 Å². The third-order valence-corrected chi connectivity index (χ3v) is 6.26. The van der Waals surface area contributed by atoms with Gasteiger partial charge in [-0.05, 0) is 62.9 Å². The summed E-state index contributed by atoms with van der Waals surface area (Å²) in [6, 6.07) is 8.26. The van der Waals surface area contributed by atoms with Crippen LogP contribution in [0.15, 0.2) is 30.8 Å². The van der Waals surface area contributed by atoms with Crippen molar-refractivity contribution < 1.29 is 4.79 Å². The number of aromatic nitrogens is 2. The van der Waals surface area contributed by atoms with Gasteiger partial charge in [-0.25, -0.2) is 9.69 Å². The fraction of sp³-hybridized carbons (Fsp3) is 0.500. The largest absolute Gasteiger partial charge is 0.378 e. The van der Waals surface area contributed by atoms with E-state index in [0.717, 1.165) is 48.3 Å². The van der Waals surface area contributed by atoms with Gasteiger partial charge in [0.05, 0.1) is 16.4 Å². The van der Waals surface area contributed by atoms with Crippen LogP contribution < -0.4 is 10.3 Å². The molecule has 1 aromatic carbocycles. The van der Waals surface area contributed by atoms with E-state index in [-0.39, 0.29) is 5.91 Å². The van der Waals surface area contributed by atoms with Crippen LogP contribution in [0, 0.1) is 0 Å². The number of hydrogen-bond donors (Lipinski definition) is 1. The number of nitrogens with one attached hydrogen (secondary N) is 1. The van der Waals surface area contributed by atoms with Crippen molar-refractivity contribution in [2.75, 3.05) is 19.0 Å². The first kappa shape index (κ1) is 23.4. The van der Waals surface area contributed by atoms with Gasteiger partial charge in [-0.1, -0.05) is 37.9 Å². The van der Waals surface area contributed by atoms with E-state index in [1.165, 1.54) is 6.42 Å². The second-order valence-corrected chi connectivity index (χ2v) is 9.09. The molecule has 0 aliphatic carbocycles. The van der Waals surface area contributed by atoms with Crippen molar-refractivity contribution in [1.29, 1.82) is 0 Å². The Morgan fingerprint density at radius 3 is 2.52 bits per heavy atom. The van der Waals surface area contributed by atoms with Gasteiger partial charge < -0.3 is 4.90 Å². The van der Waals surface area contributed by atoms with E-state index >= 15 is 0 Å². The summed E-state index contributed by atoms with van der Waals surface area (Å²) in [5, 5.41) is 7.29. The summed E-state index contributed by atoms with van der Waals surface area (Å²) >= 11 is 6.62. The predicted octanol–water partition coefficient (Wildman–Crippen LogP) is 5.31. The van der Waals surface area contributed by atoms with Gasteiger partial charge >= 0.3 is 0 Å². The lowest BCUT2D eigenvalue weighted by molar-refractivity contribution is 0.0366. The van der Waals surface area contributed by atoms with Crippen LogP contribution in [0.25, 0.3) is 11.3 Å². The molecule has 1 amide bonds. The number of piperidine rings is 1. The summed E-state index contributed by atoms with van der Waals surface area (Å²) in [5.41, 5.74) is 6.93. The van der Waals surface area contributed by atoms with Crippen molar-refractivity contribution in [3.63, 3.8) is 0 Å². The molecule has 2 atom stereocenters. The number of hydrazine groups is 1. The number of benzene rings is 1. The molecule has 1 aliphatic rings. The maximum atomic E-state index is 13.1. The molecule has 1 saturated heterocycles. The fourth-order valence-electron chi connectivity index (χ4n) is 4.12. The minimum atomic E-state index is -0.203. The maximum absolute atomic E-state index is 13.1. The van der Waals surface area contributed by atoms with Crippen molar-refractivity contribution in [2.24, 2.45) is 0 Å². The third-order valence-electron chi connectivity index (χ3n) is 5.96. The number of amides is 1. The minimum Gasteiger partial charge on any atom is -0.378 e. The van der Waals surface area contributed by atoms with Crippen LogP contribution in [0.5, 0.6) is 0 Å². The van der Waals surface area contributed by atoms with Crippen molar-refractivity contribution in [1.82, 2.24) is 20.2 Å². The Balaban J connectivity index is 1.96. The molecule has 2 aromatic rings. The highest BCUT2D eigenvalue weighted by molar-refractivity contribution is 6.32. The highest BCUT2D eigenvalue weighted by Gasteiger charge is 2.28. The molecule has 1 N–H and O–H groups in total. The molecule has 0 radical (unpaired) electrons. The molecular formula is C24H34ClN5O. The fourth-order valence-corrected chi connectivity index (χ4v) is 4.37. The summed E-state index contributed by atoms with van der Waals surface area (Å²) in [5.74, 6) is -0.203. The molecule has 2 unspecified atom stereocenters. The van der Waals surface area contributed by atoms with E-state index < -0.39 is 0 Å². The molecule has 0 saturated carbocycles. The molecule has 1 aromatic heterocycles. The number of rotatable bonds is 7. The Labute approximate surface area is 190 Å². The van der Waals surface area contributed by atoms with Gasteiger partial charge in [0.2, 0.25) is 0 Å². The van der Waals surface area contributed by atoms with Gasteiger partial charge in [-0.15, -0.1) is 0 Å². The Bertz CT molecular complexity index is 941. The van der Waals surface area contributed by atoms with Gasteiger partial charge in [0.1, 0.15) is 0 Å². The van der Waals surface area contributed by atoms with Gasteiger partial charge in [-0.2, -0.15) is 5.10 Å². The van der Waals surface area contributed by atoms with E-state index in [0.29, 0.717) is 22.8 Å². The van der Waals surface area contributed by atoms with Crippen LogP contribution in [0.2, 0.25) is 5.02 Å². The van der Waals surface area contributed by atoms with Crippen LogP contribution >= 0.6 is 11.6 Å². The highest BCUT2D eigenvalue weighted by Crippen LogP contribution is 2.30. The van der Waals surface area contributed by atoms with E-state index in [1.54, 1.807) is 4.68 Å². The van der Waals surface area contributed by atoms with Gasteiger partial charge in [0.25, 0.3) is 5.91 Å². The first-order valence-electron chi connectivity index (χ1n) is 11.1. The average Bonchev–Trinajstić information content (AvgIpc) is 3.16. The Kier molecular flexibility index (Phi) is 7.44. The normalized spacial score (nSPS) is 19.3. The second-order valence-electron chi connectivity index (χ2n) is 8.69. The number of allylic oxidation sites excluding steroid dienone is 1. The van der Waals surface area contributed by atoms with Gasteiger partial charge in [-0.3, -0.25) is 10.2 Å². The van der Waals surface area contributed by atoms with Crippen molar-refractivity contribution in [2.45, 2.75) is 65.0 Å². The third kappa shape index (κ3) is 5.13. The quantitative estimate of drug-likeness (QED) is 0.629. The van der Waals surface area contributed by atoms with Crippen LogP contribution in [0.4, 0.5) is 5.69 Å². The zero-order valence-corrected chi connectivity index (χ0v) is 20.0. The molecule has 0 spiro atoms. The maximum Gasteiger partial charge on any atom is 0.286 e. The van der Waals surface area contributed by atoms with Crippen LogP contribution in [0.1, 0.15) is 69.1 Å². The smallest absolute Gasteiger partial charge is 0.286 e. The highest BCUT2D eigenvalue weighted by atomic mass is 35.5. The van der Waals surface area contributed by atoms with Crippen molar-refractivity contribution in [3.8, 4) is 5.69 Å². The number of hydrogen-bond acceptors (Lipinski definition) is 4. The lowest BCUT2D eigenvalue weighted by atomic mass is 10.00. The summed E-state index contributed by atoms with van der Waals surface area (Å²) in [4.78, 5) is 15.1. The molecule has 1 fully saturated rings. The predicted molar refractivity (Wildman–Crippen MR) is 129 cm³/mol. The van der Waals surface area contributed by atoms with Crippen LogP contribution in [-0.2, 0) is 0 Å². The van der Waals surface area contributed by atoms with E-state index in [4.69, 9.17) is 11.6 Å². The van der Waals surface area contributed by atoms with Gasteiger partial charge in [0, 0.05) is 31.9 Å². The molecule has 3 rings (SSSR count). The molecule has 2 heterocycles. The SMILES string of the molecule is C=C(CCC)c1cc(C(=O)NN2C(C)CCCC2C)nn1-c1ccc(N(C)C)cc1Cl. The second kappa shape index (κ2) is 9.88. The molecule has 1 aliphatic heterocycles. The molecule has 0 bridgehead atoms. The average molecular weight is 444 g/mol. The number of carbonyl (C=O) groups excluding carboxylic acids is 1. The monoisotopic (exact) mass is 443 g/mol. The standard InChI is InChI=1S/C24H34ClN5O/c1-7-9-16(2)23-15-21(24(31)27-29-17(3)10-8-11-18(29)4)26-30(23)22-13-12-19(28(5)6)14-20(22)25/h12-15,17-18H,2,7-11H2,1,3-6H3,(H,27,31). The first-order chi connectivity index (χ1) is 14.7. The molecule has 7 heteroatoms. The molecule has 31 heavy (non-hydrogen) atoms. The zero-order chi connectivity index (χ0) is 22.7.